The van der Waals surface area contributed by atoms with Crippen molar-refractivity contribution in [2.24, 2.45) is 5.16 Å². The van der Waals surface area contributed by atoms with Crippen molar-refractivity contribution in [2.45, 2.75) is 0 Å². The zero-order valence-electron chi connectivity index (χ0n) is 12.2. The topological polar surface area (TPSA) is 64.4 Å². The van der Waals surface area contributed by atoms with Gasteiger partial charge in [0.2, 0.25) is 0 Å². The number of benzene rings is 1. The molecule has 0 aliphatic heterocycles. The summed E-state index contributed by atoms with van der Waals surface area (Å²) in [5.74, 6) is -0.555. The zero-order valence-corrected chi connectivity index (χ0v) is 12.2. The van der Waals surface area contributed by atoms with Crippen LogP contribution >= 0.6 is 0 Å². The Kier molecular flexibility index (Phi) is 4.49. The summed E-state index contributed by atoms with van der Waals surface area (Å²) in [6.45, 7) is 0. The molecular weight excluding hydrogens is 290 g/mol. The van der Waals surface area contributed by atoms with Crippen LogP contribution in [0.25, 0.3) is 0 Å². The second-order valence-corrected chi connectivity index (χ2v) is 4.66. The number of hydrogen-bond donors (Lipinski definition) is 0. The van der Waals surface area contributed by atoms with Crippen LogP contribution in [-0.4, -0.2) is 21.6 Å². The van der Waals surface area contributed by atoms with Crippen LogP contribution in [0.5, 0.6) is 0 Å². The average Bonchev–Trinajstić information content (AvgIpc) is 2.64. The van der Waals surface area contributed by atoms with Gasteiger partial charge < -0.3 is 4.84 Å². The molecule has 0 spiro atoms. The maximum Gasteiger partial charge on any atom is 0.367 e. The van der Waals surface area contributed by atoms with Crippen molar-refractivity contribution in [3.8, 4) is 0 Å². The largest absolute Gasteiger partial charge is 0.367 e. The first-order valence-electron chi connectivity index (χ1n) is 7.00. The number of oxime groups is 1. The van der Waals surface area contributed by atoms with Gasteiger partial charge in [-0.2, -0.15) is 0 Å². The predicted octanol–water partition coefficient (Wildman–Crippen LogP) is 3.09. The Morgan fingerprint density at radius 2 is 1.48 bits per heavy atom. The minimum absolute atomic E-state index is 0.346. The summed E-state index contributed by atoms with van der Waals surface area (Å²) in [5, 5.41) is 4.05. The number of carbonyl (C=O) groups is 1. The van der Waals surface area contributed by atoms with Crippen LogP contribution in [0.2, 0.25) is 0 Å². The maximum absolute atomic E-state index is 12.0. The van der Waals surface area contributed by atoms with E-state index in [1.807, 2.05) is 42.5 Å². The highest BCUT2D eigenvalue weighted by atomic mass is 16.7. The second kappa shape index (κ2) is 7.09. The fraction of sp³-hybridized carbons (Fsp3) is 0. The lowest BCUT2D eigenvalue weighted by atomic mass is 10.0. The van der Waals surface area contributed by atoms with Gasteiger partial charge in [-0.15, -0.1) is 0 Å². The second-order valence-electron chi connectivity index (χ2n) is 4.66. The van der Waals surface area contributed by atoms with E-state index in [1.54, 1.807) is 30.7 Å². The van der Waals surface area contributed by atoms with E-state index in [1.165, 1.54) is 6.20 Å². The Labute approximate surface area is 133 Å². The van der Waals surface area contributed by atoms with E-state index in [0.717, 1.165) is 11.1 Å². The van der Waals surface area contributed by atoms with E-state index in [4.69, 9.17) is 4.84 Å². The standard InChI is InChI=1S/C18H13N3O2/c22-18(16-7-4-10-20-13-16)23-21-17(14-5-2-1-3-6-14)15-8-11-19-12-9-15/h1-13H/b21-17+. The van der Waals surface area contributed by atoms with Crippen molar-refractivity contribution in [3.05, 3.63) is 96.1 Å². The molecule has 3 aromatic rings. The van der Waals surface area contributed by atoms with Crippen LogP contribution in [0.15, 0.2) is 84.5 Å². The molecule has 0 bridgehead atoms. The number of nitrogens with zero attached hydrogens (tertiary/aromatic N) is 3. The average molecular weight is 303 g/mol. The van der Waals surface area contributed by atoms with Gasteiger partial charge in [-0.25, -0.2) is 4.79 Å². The van der Waals surface area contributed by atoms with E-state index in [-0.39, 0.29) is 0 Å². The van der Waals surface area contributed by atoms with Crippen LogP contribution in [0.1, 0.15) is 21.5 Å². The first-order chi connectivity index (χ1) is 11.3. The summed E-state index contributed by atoms with van der Waals surface area (Å²) in [4.78, 5) is 25.0. The van der Waals surface area contributed by atoms with Gasteiger partial charge in [0.15, 0.2) is 0 Å². The van der Waals surface area contributed by atoms with Crippen molar-refractivity contribution in [1.29, 1.82) is 0 Å². The molecule has 0 radical (unpaired) electrons. The molecule has 5 heteroatoms. The van der Waals surface area contributed by atoms with E-state index >= 15 is 0 Å². The number of hydrogen-bond acceptors (Lipinski definition) is 5. The SMILES string of the molecule is O=C(O/N=C(\c1ccccc1)c1ccncc1)c1cccnc1. The van der Waals surface area contributed by atoms with Crippen molar-refractivity contribution < 1.29 is 9.63 Å². The third-order valence-corrected chi connectivity index (χ3v) is 3.12. The molecule has 0 saturated heterocycles. The van der Waals surface area contributed by atoms with Gasteiger partial charge in [0.25, 0.3) is 0 Å². The number of aromatic nitrogens is 2. The zero-order chi connectivity index (χ0) is 15.9. The fourth-order valence-electron chi connectivity index (χ4n) is 2.00. The highest BCUT2D eigenvalue weighted by molar-refractivity contribution is 6.12. The van der Waals surface area contributed by atoms with Crippen LogP contribution in [-0.2, 0) is 4.84 Å². The molecule has 2 heterocycles. The molecule has 0 saturated carbocycles. The minimum Gasteiger partial charge on any atom is -0.312 e. The van der Waals surface area contributed by atoms with Crippen LogP contribution in [0.3, 0.4) is 0 Å². The van der Waals surface area contributed by atoms with Gasteiger partial charge in [0, 0.05) is 35.9 Å². The lowest BCUT2D eigenvalue weighted by Crippen LogP contribution is -2.08. The number of carbonyl (C=O) groups excluding carboxylic acids is 1. The molecule has 0 fully saturated rings. The summed E-state index contributed by atoms with van der Waals surface area (Å²) in [5.41, 5.74) is 2.56. The number of rotatable bonds is 4. The van der Waals surface area contributed by atoms with Crippen molar-refractivity contribution in [1.82, 2.24) is 9.97 Å². The highest BCUT2D eigenvalue weighted by Gasteiger charge is 2.11. The lowest BCUT2D eigenvalue weighted by molar-refractivity contribution is 0.0516. The van der Waals surface area contributed by atoms with Gasteiger partial charge in [-0.3, -0.25) is 9.97 Å². The highest BCUT2D eigenvalue weighted by Crippen LogP contribution is 2.11. The fourth-order valence-corrected chi connectivity index (χ4v) is 2.00. The molecule has 112 valence electrons. The normalized spacial score (nSPS) is 11.0. The summed E-state index contributed by atoms with van der Waals surface area (Å²) in [6.07, 6.45) is 6.35. The van der Waals surface area contributed by atoms with Crippen LogP contribution < -0.4 is 0 Å². The van der Waals surface area contributed by atoms with Gasteiger partial charge in [0.05, 0.1) is 5.56 Å². The van der Waals surface area contributed by atoms with Crippen molar-refractivity contribution in [3.63, 3.8) is 0 Å². The van der Waals surface area contributed by atoms with E-state index in [9.17, 15) is 4.79 Å². The summed E-state index contributed by atoms with van der Waals surface area (Å²) in [6, 6.07) is 16.4. The Morgan fingerprint density at radius 1 is 0.783 bits per heavy atom. The molecule has 0 aliphatic rings. The van der Waals surface area contributed by atoms with Crippen LogP contribution in [0, 0.1) is 0 Å². The first kappa shape index (κ1) is 14.6. The van der Waals surface area contributed by atoms with E-state index in [2.05, 4.69) is 15.1 Å². The molecule has 0 amide bonds. The quantitative estimate of drug-likeness (QED) is 0.422. The van der Waals surface area contributed by atoms with Gasteiger partial charge in [0.1, 0.15) is 5.71 Å². The van der Waals surface area contributed by atoms with E-state index in [0.29, 0.717) is 11.3 Å². The third kappa shape index (κ3) is 3.65. The molecule has 0 aliphatic carbocycles. The molecule has 1 aromatic carbocycles. The summed E-state index contributed by atoms with van der Waals surface area (Å²) < 4.78 is 0. The van der Waals surface area contributed by atoms with Crippen molar-refractivity contribution in [2.75, 3.05) is 0 Å². The third-order valence-electron chi connectivity index (χ3n) is 3.12. The molecule has 3 rings (SSSR count). The first-order valence-corrected chi connectivity index (χ1v) is 7.00. The Balaban J connectivity index is 1.91. The minimum atomic E-state index is -0.555. The van der Waals surface area contributed by atoms with Crippen molar-refractivity contribution >= 4 is 11.7 Å². The lowest BCUT2D eigenvalue weighted by Gasteiger charge is -2.06. The summed E-state index contributed by atoms with van der Waals surface area (Å²) >= 11 is 0. The number of pyridine rings is 2. The molecule has 0 atom stereocenters. The molecule has 2 aromatic heterocycles. The summed E-state index contributed by atoms with van der Waals surface area (Å²) in [7, 11) is 0. The molecule has 0 unspecified atom stereocenters. The van der Waals surface area contributed by atoms with Gasteiger partial charge >= 0.3 is 5.97 Å². The van der Waals surface area contributed by atoms with E-state index < -0.39 is 5.97 Å². The Bertz CT molecular complexity index is 762. The Morgan fingerprint density at radius 3 is 2.17 bits per heavy atom. The van der Waals surface area contributed by atoms with Gasteiger partial charge in [-0.05, 0) is 24.3 Å². The molecule has 0 N–H and O–H groups in total. The molecule has 5 nitrogen and oxygen atoms in total. The van der Waals surface area contributed by atoms with Crippen LogP contribution in [0.4, 0.5) is 0 Å². The van der Waals surface area contributed by atoms with Gasteiger partial charge in [-0.1, -0.05) is 35.5 Å². The molecule has 23 heavy (non-hydrogen) atoms. The Hall–Kier alpha value is -3.34. The smallest absolute Gasteiger partial charge is 0.312 e. The predicted molar refractivity (Wildman–Crippen MR) is 86.0 cm³/mol. The monoisotopic (exact) mass is 303 g/mol. The maximum atomic E-state index is 12.0. The molecular formula is C18H13N3O2.